The van der Waals surface area contributed by atoms with Crippen LogP contribution >= 0.6 is 0 Å². The Morgan fingerprint density at radius 2 is 1.88 bits per heavy atom. The second-order valence-corrected chi connectivity index (χ2v) is 5.02. The molecule has 0 saturated heterocycles. The van der Waals surface area contributed by atoms with E-state index < -0.39 is 0 Å². The van der Waals surface area contributed by atoms with Crippen molar-refractivity contribution in [1.29, 1.82) is 0 Å². The topological polar surface area (TPSA) is 0 Å². The van der Waals surface area contributed by atoms with Gasteiger partial charge in [-0.25, -0.2) is 17.6 Å². The first-order valence-electron chi connectivity index (χ1n) is 6.52. The van der Waals surface area contributed by atoms with Gasteiger partial charge < -0.3 is 1.43 Å². The van der Waals surface area contributed by atoms with Crippen molar-refractivity contribution in [1.82, 2.24) is 0 Å². The Labute approximate surface area is 121 Å². The van der Waals surface area contributed by atoms with Crippen LogP contribution in [0.4, 0.5) is 0 Å². The summed E-state index contributed by atoms with van der Waals surface area (Å²) >= 11 is 0. The monoisotopic (exact) mass is 260 g/mol. The number of hydrogen-bond donors (Lipinski definition) is 0. The van der Waals surface area contributed by atoms with Crippen LogP contribution in [-0.4, -0.2) is 0 Å². The van der Waals surface area contributed by atoms with E-state index in [-0.39, 0.29) is 23.1 Å². The molecule has 3 rings (SSSR count). The number of hydrogen-bond acceptors (Lipinski definition) is 0. The maximum atomic E-state index is 2.35. The predicted octanol–water partition coefficient (Wildman–Crippen LogP) is 4.63. The first-order chi connectivity index (χ1) is 7.95. The van der Waals surface area contributed by atoms with E-state index in [2.05, 4.69) is 36.5 Å². The van der Waals surface area contributed by atoms with Crippen LogP contribution < -0.4 is 0 Å². The molecule has 0 nitrogen and oxygen atoms in total. The van der Waals surface area contributed by atoms with Gasteiger partial charge in [0.1, 0.15) is 0 Å². The van der Waals surface area contributed by atoms with E-state index in [1.54, 1.807) is 17.1 Å². The van der Waals surface area contributed by atoms with Crippen molar-refractivity contribution in [2.45, 2.75) is 38.5 Å². The second-order valence-electron chi connectivity index (χ2n) is 5.02. The molecule has 0 aromatic heterocycles. The van der Waals surface area contributed by atoms with Gasteiger partial charge in [-0.05, 0) is 12.8 Å². The van der Waals surface area contributed by atoms with E-state index in [0.29, 0.717) is 0 Å². The Balaban J connectivity index is 0.000000810. The summed E-state index contributed by atoms with van der Waals surface area (Å²) in [6.45, 7) is 0. The van der Waals surface area contributed by atoms with Crippen LogP contribution in [-0.2, 0) is 21.7 Å². The molecule has 0 bridgehead atoms. The Kier molecular flexibility index (Phi) is 4.53. The van der Waals surface area contributed by atoms with Crippen molar-refractivity contribution in [2.75, 3.05) is 0 Å². The summed E-state index contributed by atoms with van der Waals surface area (Å²) in [7, 11) is 0. The van der Waals surface area contributed by atoms with Crippen molar-refractivity contribution in [3.8, 4) is 0 Å². The van der Waals surface area contributed by atoms with Crippen LogP contribution in [0.5, 0.6) is 0 Å². The summed E-state index contributed by atoms with van der Waals surface area (Å²) in [4.78, 5) is 0. The molecular formula is C16H20Ti-2. The average molecular weight is 260 g/mol. The molecular weight excluding hydrogens is 240 g/mol. The maximum Gasteiger partial charge on any atom is 0 e. The van der Waals surface area contributed by atoms with E-state index in [0.717, 1.165) is 5.92 Å². The minimum Gasteiger partial charge on any atom is -1.00 e. The molecule has 0 radical (unpaired) electrons. The van der Waals surface area contributed by atoms with E-state index in [4.69, 9.17) is 0 Å². The summed E-state index contributed by atoms with van der Waals surface area (Å²) in [5.41, 5.74) is 3.26. The van der Waals surface area contributed by atoms with Crippen molar-refractivity contribution in [3.63, 3.8) is 0 Å². The molecule has 0 spiro atoms. The van der Waals surface area contributed by atoms with Crippen LogP contribution in [0.3, 0.4) is 0 Å². The van der Waals surface area contributed by atoms with E-state index in [1.807, 2.05) is 0 Å². The summed E-state index contributed by atoms with van der Waals surface area (Å²) in [5, 5.41) is 0. The van der Waals surface area contributed by atoms with Crippen LogP contribution in [0.25, 0.3) is 0 Å². The molecule has 0 amide bonds. The standard InChI is InChI=1S/C16H19.Ti.H/c1-2-8-13(7-1)15-11-5-6-12-16(15)14-9-3-4-10-14;;/h1-4,7,9,15H,5-6,8,10-12H2;;/q-1;;-1. The molecule has 0 aliphatic heterocycles. The molecule has 1 fully saturated rings. The molecule has 3 aliphatic carbocycles. The smallest absolute Gasteiger partial charge is 0 e. The van der Waals surface area contributed by atoms with Crippen LogP contribution in [0, 0.1) is 11.8 Å². The van der Waals surface area contributed by atoms with Gasteiger partial charge in [0.25, 0.3) is 0 Å². The van der Waals surface area contributed by atoms with Gasteiger partial charge in [0.15, 0.2) is 0 Å². The fourth-order valence-electron chi connectivity index (χ4n) is 3.21. The normalized spacial score (nSPS) is 26.8. The van der Waals surface area contributed by atoms with Crippen LogP contribution in [0.15, 0.2) is 47.6 Å². The number of allylic oxidation sites excluding steroid dienone is 8. The van der Waals surface area contributed by atoms with E-state index in [1.165, 1.54) is 38.5 Å². The van der Waals surface area contributed by atoms with Crippen molar-refractivity contribution in [2.24, 2.45) is 5.92 Å². The largest absolute Gasteiger partial charge is 1.00 e. The molecule has 90 valence electrons. The first kappa shape index (κ1) is 13.0. The third-order valence-electron chi connectivity index (χ3n) is 4.04. The van der Waals surface area contributed by atoms with Crippen LogP contribution in [0.1, 0.15) is 40.0 Å². The third-order valence-corrected chi connectivity index (χ3v) is 4.04. The zero-order valence-electron chi connectivity index (χ0n) is 11.3. The predicted molar refractivity (Wildman–Crippen MR) is 70.0 cm³/mol. The van der Waals surface area contributed by atoms with Crippen molar-refractivity contribution in [3.05, 3.63) is 53.5 Å². The molecule has 3 aliphatic rings. The van der Waals surface area contributed by atoms with Gasteiger partial charge in [0.05, 0.1) is 0 Å². The Morgan fingerprint density at radius 1 is 1.06 bits per heavy atom. The van der Waals surface area contributed by atoms with Gasteiger partial charge in [0, 0.05) is 21.7 Å². The molecule has 0 N–H and O–H groups in total. The third kappa shape index (κ3) is 2.69. The van der Waals surface area contributed by atoms with Gasteiger partial charge in [-0.1, -0.05) is 55.4 Å². The molecule has 17 heavy (non-hydrogen) atoms. The molecule has 1 heteroatoms. The van der Waals surface area contributed by atoms with Gasteiger partial charge in [0.2, 0.25) is 0 Å². The molecule has 1 saturated carbocycles. The van der Waals surface area contributed by atoms with E-state index in [9.17, 15) is 0 Å². The van der Waals surface area contributed by atoms with Gasteiger partial charge in [-0.3, -0.25) is 0 Å². The Hall–Kier alpha value is -0.456. The second kappa shape index (κ2) is 5.93. The molecule has 0 aromatic rings. The summed E-state index contributed by atoms with van der Waals surface area (Å²) < 4.78 is 0. The Morgan fingerprint density at radius 3 is 2.59 bits per heavy atom. The molecule has 1 unspecified atom stereocenters. The molecule has 1 atom stereocenters. The van der Waals surface area contributed by atoms with Gasteiger partial charge >= 0.3 is 0 Å². The van der Waals surface area contributed by atoms with Crippen molar-refractivity contribution < 1.29 is 23.1 Å². The number of rotatable bonds is 2. The van der Waals surface area contributed by atoms with Gasteiger partial charge in [-0.15, -0.1) is 12.2 Å². The minimum absolute atomic E-state index is 0. The quantitative estimate of drug-likeness (QED) is 0.501. The van der Waals surface area contributed by atoms with Crippen molar-refractivity contribution >= 4 is 0 Å². The zero-order valence-corrected chi connectivity index (χ0v) is 11.8. The van der Waals surface area contributed by atoms with Crippen LogP contribution in [0.2, 0.25) is 0 Å². The van der Waals surface area contributed by atoms with E-state index >= 15 is 0 Å². The SMILES string of the molecule is C1=CCC([C-]2CCCCC2C2=CC=CC2)=C1.[H-].[Ti]. The maximum absolute atomic E-state index is 2.35. The molecule has 0 heterocycles. The fourth-order valence-corrected chi connectivity index (χ4v) is 3.21. The average Bonchev–Trinajstić information content (AvgIpc) is 3.03. The Bertz CT molecular complexity index is 352. The fraction of sp³-hybridized carbons (Fsp3) is 0.438. The minimum atomic E-state index is 0. The van der Waals surface area contributed by atoms with Gasteiger partial charge in [-0.2, -0.15) is 0 Å². The summed E-state index contributed by atoms with van der Waals surface area (Å²) in [6, 6.07) is 0. The summed E-state index contributed by atoms with van der Waals surface area (Å²) in [5.74, 6) is 2.50. The first-order valence-corrected chi connectivity index (χ1v) is 6.52. The summed E-state index contributed by atoms with van der Waals surface area (Å²) in [6.07, 6.45) is 21.6. The zero-order chi connectivity index (χ0) is 10.8. The molecule has 0 aromatic carbocycles.